The van der Waals surface area contributed by atoms with Crippen LogP contribution in [0.3, 0.4) is 0 Å². The largest absolute Gasteiger partial charge is 0.317 e. The predicted molar refractivity (Wildman–Crippen MR) is 89.9 cm³/mol. The molecule has 2 aliphatic rings. The van der Waals surface area contributed by atoms with Crippen molar-refractivity contribution in [3.05, 3.63) is 28.6 Å². The summed E-state index contributed by atoms with van der Waals surface area (Å²) in [5, 5.41) is 6.79. The van der Waals surface area contributed by atoms with Crippen molar-refractivity contribution < 1.29 is 0 Å². The summed E-state index contributed by atoms with van der Waals surface area (Å²) in [5.41, 5.74) is 0.604. The van der Waals surface area contributed by atoms with E-state index in [-0.39, 0.29) is 0 Å². The molecule has 4 heterocycles. The number of likely N-dealkylation sites (tertiary alicyclic amines) is 1. The normalized spacial score (nSPS) is 22.1. The lowest BCUT2D eigenvalue weighted by Crippen LogP contribution is -2.38. The number of nitrogens with one attached hydrogen (secondary N) is 1. The topological polar surface area (TPSA) is 28.2 Å². The van der Waals surface area contributed by atoms with E-state index in [1.165, 1.54) is 60.2 Å². The molecule has 2 saturated heterocycles. The number of thiophene rings is 1. The molecule has 0 radical (unpaired) electrons. The zero-order chi connectivity index (χ0) is 14.1. The van der Waals surface area contributed by atoms with Gasteiger partial charge in [0.2, 0.25) is 0 Å². The standard InChI is InChI=1S/C16H21N3S2/c1-2-14(20-9-1)15-18-10-13(21-15)11-19-8-5-16(12-19)3-6-17-7-4-16/h1-2,9-10,17H,3-8,11-12H2. The third kappa shape index (κ3) is 2.93. The molecule has 2 fully saturated rings. The summed E-state index contributed by atoms with van der Waals surface area (Å²) >= 11 is 3.63. The van der Waals surface area contributed by atoms with E-state index in [1.807, 2.05) is 11.3 Å². The zero-order valence-corrected chi connectivity index (χ0v) is 13.8. The van der Waals surface area contributed by atoms with Crippen molar-refractivity contribution in [1.82, 2.24) is 15.2 Å². The van der Waals surface area contributed by atoms with E-state index >= 15 is 0 Å². The molecule has 1 N–H and O–H groups in total. The zero-order valence-electron chi connectivity index (χ0n) is 12.2. The molecule has 0 saturated carbocycles. The summed E-state index contributed by atoms with van der Waals surface area (Å²) in [7, 11) is 0. The molecule has 2 aliphatic heterocycles. The molecule has 5 heteroatoms. The maximum Gasteiger partial charge on any atom is 0.133 e. The van der Waals surface area contributed by atoms with Crippen molar-refractivity contribution in [2.45, 2.75) is 25.8 Å². The molecule has 1 spiro atoms. The number of piperidine rings is 1. The lowest BCUT2D eigenvalue weighted by atomic mass is 9.78. The number of nitrogens with zero attached hydrogens (tertiary/aromatic N) is 2. The van der Waals surface area contributed by atoms with Crippen LogP contribution in [0.4, 0.5) is 0 Å². The Morgan fingerprint density at radius 1 is 1.29 bits per heavy atom. The van der Waals surface area contributed by atoms with Crippen LogP contribution in [0.2, 0.25) is 0 Å². The summed E-state index contributed by atoms with van der Waals surface area (Å²) < 4.78 is 0. The van der Waals surface area contributed by atoms with Gasteiger partial charge in [0.25, 0.3) is 0 Å². The van der Waals surface area contributed by atoms with Crippen molar-refractivity contribution in [3.8, 4) is 9.88 Å². The quantitative estimate of drug-likeness (QED) is 0.939. The van der Waals surface area contributed by atoms with Crippen LogP contribution >= 0.6 is 22.7 Å². The summed E-state index contributed by atoms with van der Waals surface area (Å²) in [4.78, 5) is 9.93. The average Bonchev–Trinajstić information content (AvgIpc) is 3.22. The first-order valence-corrected chi connectivity index (χ1v) is 9.44. The van der Waals surface area contributed by atoms with Crippen LogP contribution in [-0.2, 0) is 6.54 Å². The molecule has 0 atom stereocenters. The number of rotatable bonds is 3. The number of hydrogen-bond donors (Lipinski definition) is 1. The summed E-state index contributed by atoms with van der Waals surface area (Å²) in [5.74, 6) is 0. The molecule has 4 rings (SSSR count). The number of aromatic nitrogens is 1. The Balaban J connectivity index is 1.41. The molecule has 112 valence electrons. The second kappa shape index (κ2) is 5.80. The van der Waals surface area contributed by atoms with Gasteiger partial charge >= 0.3 is 0 Å². The van der Waals surface area contributed by atoms with E-state index in [9.17, 15) is 0 Å². The van der Waals surface area contributed by atoms with E-state index in [1.54, 1.807) is 11.3 Å². The van der Waals surface area contributed by atoms with Crippen molar-refractivity contribution in [2.24, 2.45) is 5.41 Å². The highest BCUT2D eigenvalue weighted by molar-refractivity contribution is 7.20. The van der Waals surface area contributed by atoms with E-state index in [0.717, 1.165) is 6.54 Å². The number of thiazole rings is 1. The maximum atomic E-state index is 4.60. The van der Waals surface area contributed by atoms with E-state index < -0.39 is 0 Å². The van der Waals surface area contributed by atoms with Gasteiger partial charge in [-0.25, -0.2) is 4.98 Å². The molecule has 0 aliphatic carbocycles. The molecule has 0 amide bonds. The second-order valence-corrected chi connectivity index (χ2v) is 8.38. The first kappa shape index (κ1) is 13.9. The molecule has 0 unspecified atom stereocenters. The highest BCUT2D eigenvalue weighted by Crippen LogP contribution is 2.39. The molecule has 2 aromatic rings. The fourth-order valence-corrected chi connectivity index (χ4v) is 5.40. The first-order chi connectivity index (χ1) is 10.3. The van der Waals surface area contributed by atoms with Crippen LogP contribution in [0.5, 0.6) is 0 Å². The third-order valence-electron chi connectivity index (χ3n) is 4.85. The van der Waals surface area contributed by atoms with E-state index in [0.29, 0.717) is 5.41 Å². The Labute approximate surface area is 134 Å². The minimum Gasteiger partial charge on any atom is -0.317 e. The van der Waals surface area contributed by atoms with Gasteiger partial charge in [0.05, 0.1) is 4.88 Å². The SMILES string of the molecule is c1csc(-c2ncc(CN3CCC4(CCNCC4)C3)s2)c1. The summed E-state index contributed by atoms with van der Waals surface area (Å²) in [6.07, 6.45) is 6.16. The van der Waals surface area contributed by atoms with Gasteiger partial charge in [-0.05, 0) is 55.8 Å². The van der Waals surface area contributed by atoms with Gasteiger partial charge in [0.15, 0.2) is 0 Å². The lowest BCUT2D eigenvalue weighted by molar-refractivity contribution is 0.194. The van der Waals surface area contributed by atoms with Gasteiger partial charge in [0, 0.05) is 24.2 Å². The Morgan fingerprint density at radius 3 is 3.00 bits per heavy atom. The first-order valence-electron chi connectivity index (χ1n) is 7.75. The molecule has 0 aromatic carbocycles. The fraction of sp³-hybridized carbons (Fsp3) is 0.562. The summed E-state index contributed by atoms with van der Waals surface area (Å²) in [6.45, 7) is 6.03. The second-order valence-electron chi connectivity index (χ2n) is 6.32. The van der Waals surface area contributed by atoms with Crippen molar-refractivity contribution >= 4 is 22.7 Å². The van der Waals surface area contributed by atoms with Crippen LogP contribution in [0, 0.1) is 5.41 Å². The predicted octanol–water partition coefficient (Wildman–Crippen LogP) is 3.45. The molecule has 0 bridgehead atoms. The van der Waals surface area contributed by atoms with Gasteiger partial charge in [-0.15, -0.1) is 22.7 Å². The molecular weight excluding hydrogens is 298 g/mol. The van der Waals surface area contributed by atoms with Crippen LogP contribution in [0.25, 0.3) is 9.88 Å². The van der Waals surface area contributed by atoms with Gasteiger partial charge in [-0.1, -0.05) is 6.07 Å². The fourth-order valence-electron chi connectivity index (χ4n) is 3.64. The lowest BCUT2D eigenvalue weighted by Gasteiger charge is -2.33. The molecular formula is C16H21N3S2. The van der Waals surface area contributed by atoms with Gasteiger partial charge in [-0.2, -0.15) is 0 Å². The van der Waals surface area contributed by atoms with Crippen LogP contribution in [-0.4, -0.2) is 36.1 Å². The van der Waals surface area contributed by atoms with E-state index in [2.05, 4.69) is 38.9 Å². The highest BCUT2D eigenvalue weighted by Gasteiger charge is 2.38. The van der Waals surface area contributed by atoms with Crippen molar-refractivity contribution in [1.29, 1.82) is 0 Å². The minimum atomic E-state index is 0.604. The minimum absolute atomic E-state index is 0.604. The summed E-state index contributed by atoms with van der Waals surface area (Å²) in [6, 6.07) is 4.26. The van der Waals surface area contributed by atoms with E-state index in [4.69, 9.17) is 0 Å². The van der Waals surface area contributed by atoms with Crippen LogP contribution < -0.4 is 5.32 Å². The smallest absolute Gasteiger partial charge is 0.133 e. The Morgan fingerprint density at radius 2 is 2.19 bits per heavy atom. The highest BCUT2D eigenvalue weighted by atomic mass is 32.1. The van der Waals surface area contributed by atoms with Gasteiger partial charge in [-0.3, -0.25) is 4.90 Å². The third-order valence-corrected chi connectivity index (χ3v) is 6.87. The Hall–Kier alpha value is -0.750. The molecule has 21 heavy (non-hydrogen) atoms. The van der Waals surface area contributed by atoms with Crippen molar-refractivity contribution in [2.75, 3.05) is 26.2 Å². The van der Waals surface area contributed by atoms with Gasteiger partial charge < -0.3 is 5.32 Å². The maximum absolute atomic E-state index is 4.60. The van der Waals surface area contributed by atoms with Crippen LogP contribution in [0.15, 0.2) is 23.7 Å². The number of hydrogen-bond acceptors (Lipinski definition) is 5. The Bertz CT molecular complexity index is 584. The Kier molecular flexibility index (Phi) is 3.83. The van der Waals surface area contributed by atoms with Crippen molar-refractivity contribution in [3.63, 3.8) is 0 Å². The average molecular weight is 319 g/mol. The van der Waals surface area contributed by atoms with Gasteiger partial charge in [0.1, 0.15) is 5.01 Å². The monoisotopic (exact) mass is 319 g/mol. The molecule has 2 aromatic heterocycles. The molecule has 3 nitrogen and oxygen atoms in total. The van der Waals surface area contributed by atoms with Crippen LogP contribution in [0.1, 0.15) is 24.1 Å².